The monoisotopic (exact) mass is 449 g/mol. The predicted molar refractivity (Wildman–Crippen MR) is 127 cm³/mol. The van der Waals surface area contributed by atoms with Gasteiger partial charge in [0.05, 0.1) is 21.3 Å². The number of likely N-dealkylation sites (N-methyl/N-ethyl adjacent to an activating group) is 1. The van der Waals surface area contributed by atoms with Gasteiger partial charge in [-0.3, -0.25) is 9.69 Å². The van der Waals surface area contributed by atoms with E-state index in [2.05, 4.69) is 34.0 Å². The summed E-state index contributed by atoms with van der Waals surface area (Å²) in [6, 6.07) is 4.29. The second kappa shape index (κ2) is 12.4. The van der Waals surface area contributed by atoms with Gasteiger partial charge < -0.3 is 29.3 Å². The molecule has 32 heavy (non-hydrogen) atoms. The molecule has 1 aliphatic heterocycles. The second-order valence-electron chi connectivity index (χ2n) is 8.18. The lowest BCUT2D eigenvalue weighted by molar-refractivity contribution is -0.127. The van der Waals surface area contributed by atoms with E-state index in [0.717, 1.165) is 50.7 Å². The van der Waals surface area contributed by atoms with E-state index in [1.165, 1.54) is 0 Å². The molecule has 1 saturated heterocycles. The first-order valence-electron chi connectivity index (χ1n) is 11.1. The Morgan fingerprint density at radius 3 is 2.16 bits per heavy atom. The first-order chi connectivity index (χ1) is 15.3. The summed E-state index contributed by atoms with van der Waals surface area (Å²) in [6.45, 7) is 8.65. The molecule has 1 fully saturated rings. The molecule has 1 aliphatic rings. The Morgan fingerprint density at radius 1 is 1.09 bits per heavy atom. The molecule has 9 nitrogen and oxygen atoms in total. The zero-order chi connectivity index (χ0) is 23.7. The highest BCUT2D eigenvalue weighted by Crippen LogP contribution is 2.38. The summed E-state index contributed by atoms with van der Waals surface area (Å²) in [5.41, 5.74) is 1.11. The molecular formula is C23H39N5O4. The predicted octanol–water partition coefficient (Wildman–Crippen LogP) is 1.66. The van der Waals surface area contributed by atoms with Crippen LogP contribution in [0.4, 0.5) is 0 Å². The maximum absolute atomic E-state index is 12.0. The van der Waals surface area contributed by atoms with Crippen LogP contribution < -0.4 is 19.5 Å². The highest BCUT2D eigenvalue weighted by Gasteiger charge is 2.22. The van der Waals surface area contributed by atoms with E-state index >= 15 is 0 Å². The fraction of sp³-hybridized carbons (Fsp3) is 0.652. The summed E-state index contributed by atoms with van der Waals surface area (Å²) in [5, 5.41) is 3.48. The van der Waals surface area contributed by atoms with Crippen LogP contribution in [0.25, 0.3) is 0 Å². The maximum atomic E-state index is 12.0. The zero-order valence-corrected chi connectivity index (χ0v) is 20.6. The number of aliphatic imine (C=N–C) groups is 1. The number of guanidine groups is 1. The van der Waals surface area contributed by atoms with Crippen molar-refractivity contribution in [2.24, 2.45) is 4.99 Å². The van der Waals surface area contributed by atoms with Gasteiger partial charge in [0.15, 0.2) is 17.5 Å². The number of rotatable bonds is 9. The molecule has 0 saturated carbocycles. The van der Waals surface area contributed by atoms with Gasteiger partial charge in [0.1, 0.15) is 6.54 Å². The van der Waals surface area contributed by atoms with Crippen LogP contribution in [0.15, 0.2) is 17.1 Å². The van der Waals surface area contributed by atoms with E-state index in [4.69, 9.17) is 14.2 Å². The molecule has 0 radical (unpaired) electrons. The molecule has 1 heterocycles. The summed E-state index contributed by atoms with van der Waals surface area (Å²) >= 11 is 0. The number of nitrogens with one attached hydrogen (secondary N) is 1. The van der Waals surface area contributed by atoms with E-state index in [1.807, 2.05) is 12.1 Å². The third-order valence-corrected chi connectivity index (χ3v) is 5.65. The largest absolute Gasteiger partial charge is 0.493 e. The third kappa shape index (κ3) is 6.91. The van der Waals surface area contributed by atoms with E-state index in [-0.39, 0.29) is 12.5 Å². The number of hydrogen-bond acceptors (Lipinski definition) is 6. The molecule has 0 spiro atoms. The van der Waals surface area contributed by atoms with Crippen LogP contribution in [0.1, 0.15) is 25.8 Å². The number of benzene rings is 1. The van der Waals surface area contributed by atoms with Crippen molar-refractivity contribution >= 4 is 11.9 Å². The number of carbonyl (C=O) groups excluding carboxylic acids is 1. The molecule has 1 atom stereocenters. The van der Waals surface area contributed by atoms with Crippen molar-refractivity contribution in [1.29, 1.82) is 0 Å². The van der Waals surface area contributed by atoms with E-state index < -0.39 is 0 Å². The molecule has 0 aromatic heterocycles. The molecule has 1 aromatic carbocycles. The molecule has 180 valence electrons. The van der Waals surface area contributed by atoms with Crippen LogP contribution in [-0.4, -0.2) is 101 Å². The average Bonchev–Trinajstić information content (AvgIpc) is 2.80. The smallest absolute Gasteiger partial charge is 0.243 e. The Bertz CT molecular complexity index is 751. The summed E-state index contributed by atoms with van der Waals surface area (Å²) < 4.78 is 16.4. The number of ether oxygens (including phenoxy) is 3. The number of amides is 1. The topological polar surface area (TPSA) is 78.9 Å². The van der Waals surface area contributed by atoms with Gasteiger partial charge in [-0.15, -0.1) is 0 Å². The number of carbonyl (C=O) groups is 1. The summed E-state index contributed by atoms with van der Waals surface area (Å²) in [5.74, 6) is 2.74. The SMILES string of the molecule is CCC(C)NC(=NCC(=O)N(C)C)N1CCN(Cc2cc(OC)c(OC)c(OC)c2)CC1. The van der Waals surface area contributed by atoms with Gasteiger partial charge in [-0.1, -0.05) is 6.92 Å². The van der Waals surface area contributed by atoms with Gasteiger partial charge >= 0.3 is 0 Å². The van der Waals surface area contributed by atoms with Crippen molar-refractivity contribution in [3.05, 3.63) is 17.7 Å². The van der Waals surface area contributed by atoms with Crippen LogP contribution in [0.5, 0.6) is 17.2 Å². The average molecular weight is 450 g/mol. The minimum Gasteiger partial charge on any atom is -0.493 e. The molecule has 2 rings (SSSR count). The third-order valence-electron chi connectivity index (χ3n) is 5.65. The standard InChI is InChI=1S/C23H39N5O4/c1-8-17(2)25-23(24-15-21(29)26(3)4)28-11-9-27(10-12-28)16-18-13-19(30-5)22(32-7)20(14-18)31-6/h13-14,17H,8-12,15-16H2,1-7H3,(H,24,25). The molecule has 0 aliphatic carbocycles. The van der Waals surface area contributed by atoms with Crippen LogP contribution >= 0.6 is 0 Å². The Kier molecular flexibility index (Phi) is 9.90. The molecular weight excluding hydrogens is 410 g/mol. The van der Waals surface area contributed by atoms with Gasteiger partial charge in [-0.05, 0) is 31.0 Å². The first kappa shape index (κ1) is 25.6. The minimum absolute atomic E-state index is 0.00510. The Balaban J connectivity index is 2.05. The van der Waals surface area contributed by atoms with Gasteiger partial charge in [0, 0.05) is 52.9 Å². The quantitative estimate of drug-likeness (QED) is 0.454. The number of methoxy groups -OCH3 is 3. The van der Waals surface area contributed by atoms with Crippen molar-refractivity contribution < 1.29 is 19.0 Å². The fourth-order valence-electron chi connectivity index (χ4n) is 3.45. The van der Waals surface area contributed by atoms with Gasteiger partial charge in [0.25, 0.3) is 0 Å². The lowest BCUT2D eigenvalue weighted by Gasteiger charge is -2.37. The van der Waals surface area contributed by atoms with E-state index in [0.29, 0.717) is 23.3 Å². The summed E-state index contributed by atoms with van der Waals surface area (Å²) in [4.78, 5) is 22.8. The second-order valence-corrected chi connectivity index (χ2v) is 8.18. The van der Waals surface area contributed by atoms with E-state index in [1.54, 1.807) is 40.3 Å². The van der Waals surface area contributed by atoms with Crippen molar-refractivity contribution in [3.8, 4) is 17.2 Å². The zero-order valence-electron chi connectivity index (χ0n) is 20.6. The van der Waals surface area contributed by atoms with Crippen LogP contribution in [0.2, 0.25) is 0 Å². The summed E-state index contributed by atoms with van der Waals surface area (Å²) in [7, 11) is 8.37. The number of piperazine rings is 1. The van der Waals surface area contributed by atoms with Crippen molar-refractivity contribution in [3.63, 3.8) is 0 Å². The Labute approximate surface area is 192 Å². The minimum atomic E-state index is -0.00510. The Hall–Kier alpha value is -2.68. The first-order valence-corrected chi connectivity index (χ1v) is 11.1. The summed E-state index contributed by atoms with van der Waals surface area (Å²) in [6.07, 6.45) is 0.988. The van der Waals surface area contributed by atoms with E-state index in [9.17, 15) is 4.79 Å². The Morgan fingerprint density at radius 2 is 1.69 bits per heavy atom. The van der Waals surface area contributed by atoms with Crippen LogP contribution in [0, 0.1) is 0 Å². The lowest BCUT2D eigenvalue weighted by atomic mass is 10.1. The van der Waals surface area contributed by atoms with Gasteiger partial charge in [-0.25, -0.2) is 4.99 Å². The fourth-order valence-corrected chi connectivity index (χ4v) is 3.45. The highest BCUT2D eigenvalue weighted by atomic mass is 16.5. The van der Waals surface area contributed by atoms with Crippen molar-refractivity contribution in [1.82, 2.24) is 20.0 Å². The van der Waals surface area contributed by atoms with Crippen molar-refractivity contribution in [2.75, 3.05) is 68.1 Å². The number of hydrogen-bond donors (Lipinski definition) is 1. The molecule has 1 N–H and O–H groups in total. The molecule has 1 aromatic rings. The van der Waals surface area contributed by atoms with Gasteiger partial charge in [-0.2, -0.15) is 0 Å². The normalized spacial score (nSPS) is 15.8. The molecule has 0 bridgehead atoms. The lowest BCUT2D eigenvalue weighted by Crippen LogP contribution is -2.53. The molecule has 1 amide bonds. The van der Waals surface area contributed by atoms with Crippen LogP contribution in [0.3, 0.4) is 0 Å². The van der Waals surface area contributed by atoms with Gasteiger partial charge in [0.2, 0.25) is 11.7 Å². The van der Waals surface area contributed by atoms with Crippen LogP contribution in [-0.2, 0) is 11.3 Å². The van der Waals surface area contributed by atoms with Crippen molar-refractivity contribution in [2.45, 2.75) is 32.9 Å². The highest BCUT2D eigenvalue weighted by molar-refractivity contribution is 5.85. The maximum Gasteiger partial charge on any atom is 0.243 e. The molecule has 1 unspecified atom stereocenters. The number of nitrogens with zero attached hydrogens (tertiary/aromatic N) is 4. The molecule has 9 heteroatoms.